The van der Waals surface area contributed by atoms with E-state index in [1.54, 1.807) is 47.4 Å². The molecule has 0 aromatic heterocycles. The van der Waals surface area contributed by atoms with E-state index in [0.29, 0.717) is 40.9 Å². The van der Waals surface area contributed by atoms with Gasteiger partial charge in [-0.3, -0.25) is 9.52 Å². The molecular weight excluding hydrogens is 428 g/mol. The van der Waals surface area contributed by atoms with Crippen molar-refractivity contribution in [3.05, 3.63) is 48.0 Å². The maximum absolute atomic E-state index is 13.2. The van der Waals surface area contributed by atoms with Gasteiger partial charge in [0.25, 0.3) is 0 Å². The molecule has 0 aliphatic carbocycles. The van der Waals surface area contributed by atoms with Gasteiger partial charge in [-0.2, -0.15) is 0 Å². The Labute approximate surface area is 190 Å². The summed E-state index contributed by atoms with van der Waals surface area (Å²) in [5.41, 5.74) is 0.910. The van der Waals surface area contributed by atoms with Crippen LogP contribution in [0.25, 0.3) is 0 Å². The number of anilines is 2. The van der Waals surface area contributed by atoms with Crippen molar-refractivity contribution >= 4 is 27.3 Å². The summed E-state index contributed by atoms with van der Waals surface area (Å²) < 4.78 is 39.3. The van der Waals surface area contributed by atoms with Crippen LogP contribution in [0.4, 0.5) is 11.4 Å². The van der Waals surface area contributed by atoms with Crippen LogP contribution >= 0.6 is 0 Å². The van der Waals surface area contributed by atoms with Crippen molar-refractivity contribution in [3.8, 4) is 11.5 Å². The molecule has 0 fully saturated rings. The van der Waals surface area contributed by atoms with E-state index in [1.807, 2.05) is 13.8 Å². The molecule has 3 rings (SSSR count). The highest BCUT2D eigenvalue weighted by molar-refractivity contribution is 7.91. The molecule has 1 aliphatic heterocycles. The Bertz CT molecular complexity index is 1080. The number of amides is 1. The molecule has 32 heavy (non-hydrogen) atoms. The summed E-state index contributed by atoms with van der Waals surface area (Å²) in [5, 5.41) is 0. The molecule has 0 unspecified atom stereocenters. The number of nitrogens with one attached hydrogen (secondary N) is 1. The lowest BCUT2D eigenvalue weighted by Crippen LogP contribution is -2.42. The molecule has 1 amide bonds. The minimum absolute atomic E-state index is 0.0340. The smallest absolute Gasteiger partial charge is 0.236 e. The van der Waals surface area contributed by atoms with Crippen molar-refractivity contribution in [2.45, 2.75) is 39.9 Å². The number of methoxy groups -OCH3 is 1. The minimum atomic E-state index is -3.68. The van der Waals surface area contributed by atoms with Crippen LogP contribution in [0.2, 0.25) is 0 Å². The predicted molar refractivity (Wildman–Crippen MR) is 127 cm³/mol. The lowest BCUT2D eigenvalue weighted by molar-refractivity contribution is -0.127. The van der Waals surface area contributed by atoms with Crippen LogP contribution in [-0.4, -0.2) is 34.6 Å². The highest BCUT2D eigenvalue weighted by Gasteiger charge is 2.37. The van der Waals surface area contributed by atoms with Crippen molar-refractivity contribution in [1.29, 1.82) is 0 Å². The van der Waals surface area contributed by atoms with Crippen LogP contribution in [0, 0.1) is 11.3 Å². The van der Waals surface area contributed by atoms with Gasteiger partial charge >= 0.3 is 0 Å². The van der Waals surface area contributed by atoms with Gasteiger partial charge in [0.15, 0.2) is 0 Å². The Hall–Kier alpha value is -2.74. The van der Waals surface area contributed by atoms with E-state index in [2.05, 4.69) is 18.6 Å². The van der Waals surface area contributed by atoms with Crippen LogP contribution in [0.15, 0.2) is 42.5 Å². The Morgan fingerprint density at radius 1 is 1.19 bits per heavy atom. The molecule has 7 nitrogen and oxygen atoms in total. The average molecular weight is 461 g/mol. The van der Waals surface area contributed by atoms with Gasteiger partial charge in [-0.15, -0.1) is 0 Å². The summed E-state index contributed by atoms with van der Waals surface area (Å²) in [4.78, 5) is 15.0. The van der Waals surface area contributed by atoms with Gasteiger partial charge in [-0.05, 0) is 62.1 Å². The third-order valence-corrected chi connectivity index (χ3v) is 6.62. The molecular formula is C24H32N2O5S. The fourth-order valence-electron chi connectivity index (χ4n) is 3.52. The van der Waals surface area contributed by atoms with Crippen LogP contribution in [0.1, 0.15) is 39.7 Å². The summed E-state index contributed by atoms with van der Waals surface area (Å²) in [6, 6.07) is 12.0. The molecule has 174 valence electrons. The van der Waals surface area contributed by atoms with Crippen LogP contribution in [-0.2, 0) is 20.6 Å². The lowest BCUT2D eigenvalue weighted by atomic mass is 9.92. The van der Waals surface area contributed by atoms with Crippen LogP contribution < -0.4 is 19.1 Å². The fourth-order valence-corrected chi connectivity index (χ4v) is 4.69. The number of rotatable bonds is 8. The highest BCUT2D eigenvalue weighted by Crippen LogP contribution is 2.38. The first-order valence-electron chi connectivity index (χ1n) is 10.7. The molecule has 0 radical (unpaired) electrons. The number of carbonyl (C=O) groups excluding carboxylic acids is 1. The quantitative estimate of drug-likeness (QED) is 0.630. The van der Waals surface area contributed by atoms with Gasteiger partial charge in [0.1, 0.15) is 18.1 Å². The molecule has 0 saturated heterocycles. The number of hydrogen-bond acceptors (Lipinski definition) is 5. The second kappa shape index (κ2) is 9.40. The van der Waals surface area contributed by atoms with E-state index in [4.69, 9.17) is 9.47 Å². The van der Waals surface area contributed by atoms with E-state index >= 15 is 0 Å². The molecule has 0 atom stereocenters. The summed E-state index contributed by atoms with van der Waals surface area (Å²) in [7, 11) is -2.14. The first-order valence-corrected chi connectivity index (χ1v) is 12.4. The van der Waals surface area contributed by atoms with Gasteiger partial charge in [0.05, 0.1) is 29.7 Å². The molecule has 0 bridgehead atoms. The van der Waals surface area contributed by atoms with Crippen molar-refractivity contribution in [2.75, 3.05) is 29.9 Å². The van der Waals surface area contributed by atoms with Gasteiger partial charge in [0.2, 0.25) is 15.9 Å². The Morgan fingerprint density at radius 3 is 2.62 bits per heavy atom. The normalized spacial score (nSPS) is 15.7. The number of ether oxygens (including phenoxy) is 2. The Balaban J connectivity index is 1.88. The molecule has 2 aromatic rings. The van der Waals surface area contributed by atoms with E-state index in [9.17, 15) is 13.2 Å². The third kappa shape index (κ3) is 5.73. The predicted octanol–water partition coefficient (Wildman–Crippen LogP) is 4.43. The SMILES string of the molecule is COc1cccc(CS(=O)(=O)Nc2ccc3c(c2)N(CCC(C)C)C(=O)C(C)(C)CO3)c1. The number of fused-ring (bicyclic) bond motifs is 1. The maximum Gasteiger partial charge on any atom is 0.236 e. The van der Waals surface area contributed by atoms with E-state index in [0.717, 1.165) is 6.42 Å². The van der Waals surface area contributed by atoms with Crippen molar-refractivity contribution < 1.29 is 22.7 Å². The standard InChI is InChI=1S/C24H32N2O5S/c1-17(2)11-12-26-21-14-19(9-10-22(21)31-16-24(3,4)23(26)27)25-32(28,29)15-18-7-6-8-20(13-18)30-5/h6-10,13-14,17,25H,11-12,15-16H2,1-5H3. The fraction of sp³-hybridized carbons (Fsp3) is 0.458. The number of hydrogen-bond donors (Lipinski definition) is 1. The van der Waals surface area contributed by atoms with Crippen molar-refractivity contribution in [1.82, 2.24) is 0 Å². The summed E-state index contributed by atoms with van der Waals surface area (Å²) in [6.07, 6.45) is 0.826. The van der Waals surface area contributed by atoms with Crippen LogP contribution in [0.5, 0.6) is 11.5 Å². The highest BCUT2D eigenvalue weighted by atomic mass is 32.2. The summed E-state index contributed by atoms with van der Waals surface area (Å²) >= 11 is 0. The summed E-state index contributed by atoms with van der Waals surface area (Å²) in [6.45, 7) is 8.73. The topological polar surface area (TPSA) is 84.9 Å². The molecule has 1 N–H and O–H groups in total. The van der Waals surface area contributed by atoms with Crippen molar-refractivity contribution in [2.24, 2.45) is 11.3 Å². The number of nitrogens with zero attached hydrogens (tertiary/aromatic N) is 1. The Morgan fingerprint density at radius 2 is 1.94 bits per heavy atom. The van der Waals surface area contributed by atoms with E-state index in [1.165, 1.54) is 7.11 Å². The largest absolute Gasteiger partial charge is 0.497 e. The maximum atomic E-state index is 13.2. The second-order valence-electron chi connectivity index (χ2n) is 9.21. The molecule has 2 aromatic carbocycles. The molecule has 0 spiro atoms. The zero-order valence-corrected chi connectivity index (χ0v) is 20.2. The van der Waals surface area contributed by atoms with E-state index in [-0.39, 0.29) is 18.3 Å². The first kappa shape index (κ1) is 23.9. The number of sulfonamides is 1. The number of carbonyl (C=O) groups is 1. The zero-order chi connectivity index (χ0) is 23.5. The van der Waals surface area contributed by atoms with Crippen molar-refractivity contribution in [3.63, 3.8) is 0 Å². The van der Waals surface area contributed by atoms with Gasteiger partial charge < -0.3 is 14.4 Å². The summed E-state index contributed by atoms with van der Waals surface area (Å²) in [5.74, 6) is 1.36. The average Bonchev–Trinajstić information content (AvgIpc) is 2.80. The van der Waals surface area contributed by atoms with Gasteiger partial charge in [-0.25, -0.2) is 8.42 Å². The van der Waals surface area contributed by atoms with Gasteiger partial charge in [0, 0.05) is 6.54 Å². The molecule has 0 saturated carbocycles. The lowest BCUT2D eigenvalue weighted by Gasteiger charge is -2.28. The van der Waals surface area contributed by atoms with Gasteiger partial charge in [-0.1, -0.05) is 26.0 Å². The molecule has 1 heterocycles. The minimum Gasteiger partial charge on any atom is -0.497 e. The molecule has 1 aliphatic rings. The first-order chi connectivity index (χ1) is 15.0. The van der Waals surface area contributed by atoms with Crippen LogP contribution in [0.3, 0.4) is 0 Å². The number of benzene rings is 2. The zero-order valence-electron chi connectivity index (χ0n) is 19.3. The van der Waals surface area contributed by atoms with E-state index < -0.39 is 15.4 Å². The Kier molecular flexibility index (Phi) is 7.03. The monoisotopic (exact) mass is 460 g/mol. The third-order valence-electron chi connectivity index (χ3n) is 5.36. The second-order valence-corrected chi connectivity index (χ2v) is 10.9. The molecule has 8 heteroatoms.